The SMILES string of the molecule is CCOc1ccc(-n2c(C)c3c(C)nnc(N4CCOC(COc5ccccc5)C4)c3c2C)c(OC)c1. The largest absolute Gasteiger partial charge is 0.494 e. The lowest BCUT2D eigenvalue weighted by Gasteiger charge is -2.33. The Morgan fingerprint density at radius 2 is 1.73 bits per heavy atom. The Bertz CT molecular complexity index is 1390. The first-order valence-electron chi connectivity index (χ1n) is 12.7. The van der Waals surface area contributed by atoms with Gasteiger partial charge in [0, 0.05) is 41.3 Å². The van der Waals surface area contributed by atoms with Crippen molar-refractivity contribution in [2.24, 2.45) is 0 Å². The lowest BCUT2D eigenvalue weighted by molar-refractivity contribution is 0.0101. The first kappa shape index (κ1) is 24.9. The summed E-state index contributed by atoms with van der Waals surface area (Å²) in [5, 5.41) is 11.5. The Labute approximate surface area is 217 Å². The van der Waals surface area contributed by atoms with Crippen molar-refractivity contribution in [3.63, 3.8) is 0 Å². The van der Waals surface area contributed by atoms with Crippen LogP contribution in [0.5, 0.6) is 17.2 Å². The number of anilines is 1. The molecule has 0 radical (unpaired) electrons. The summed E-state index contributed by atoms with van der Waals surface area (Å²) < 4.78 is 25.7. The average Bonchev–Trinajstić information content (AvgIpc) is 3.19. The fourth-order valence-corrected chi connectivity index (χ4v) is 5.18. The summed E-state index contributed by atoms with van der Waals surface area (Å²) >= 11 is 0. The smallest absolute Gasteiger partial charge is 0.161 e. The molecule has 0 saturated carbocycles. The minimum atomic E-state index is -0.0678. The van der Waals surface area contributed by atoms with Gasteiger partial charge in [0.25, 0.3) is 0 Å². The van der Waals surface area contributed by atoms with E-state index < -0.39 is 0 Å². The molecule has 8 heteroatoms. The van der Waals surface area contributed by atoms with E-state index in [0.29, 0.717) is 26.4 Å². The van der Waals surface area contributed by atoms with Gasteiger partial charge < -0.3 is 28.4 Å². The predicted molar refractivity (Wildman–Crippen MR) is 145 cm³/mol. The van der Waals surface area contributed by atoms with E-state index in [1.54, 1.807) is 7.11 Å². The van der Waals surface area contributed by atoms with Gasteiger partial charge in [-0.1, -0.05) is 18.2 Å². The number of rotatable bonds is 8. The molecule has 2 aromatic heterocycles. The second-order valence-corrected chi connectivity index (χ2v) is 9.19. The molecule has 1 atom stereocenters. The number of fused-ring (bicyclic) bond motifs is 1. The van der Waals surface area contributed by atoms with Gasteiger partial charge in [-0.25, -0.2) is 0 Å². The summed E-state index contributed by atoms with van der Waals surface area (Å²) in [5.74, 6) is 3.25. The van der Waals surface area contributed by atoms with Crippen LogP contribution in [0.3, 0.4) is 0 Å². The summed E-state index contributed by atoms with van der Waals surface area (Å²) in [6.07, 6.45) is -0.0678. The highest BCUT2D eigenvalue weighted by Gasteiger charge is 2.28. The quantitative estimate of drug-likeness (QED) is 0.334. The Hall–Kier alpha value is -3.78. The van der Waals surface area contributed by atoms with Crippen molar-refractivity contribution in [1.82, 2.24) is 14.8 Å². The van der Waals surface area contributed by atoms with Crippen LogP contribution in [0.25, 0.3) is 16.5 Å². The number of nitrogens with zero attached hydrogens (tertiary/aromatic N) is 4. The van der Waals surface area contributed by atoms with Crippen molar-refractivity contribution in [3.8, 4) is 22.9 Å². The highest BCUT2D eigenvalue weighted by molar-refractivity contribution is 5.99. The molecule has 1 unspecified atom stereocenters. The molecule has 1 fully saturated rings. The molecule has 4 aromatic rings. The topological polar surface area (TPSA) is 70.9 Å². The Morgan fingerprint density at radius 3 is 2.49 bits per heavy atom. The number of ether oxygens (including phenoxy) is 4. The maximum Gasteiger partial charge on any atom is 0.161 e. The van der Waals surface area contributed by atoms with E-state index in [9.17, 15) is 0 Å². The van der Waals surface area contributed by atoms with E-state index in [0.717, 1.165) is 63.2 Å². The van der Waals surface area contributed by atoms with Crippen LogP contribution in [-0.4, -0.2) is 60.9 Å². The highest BCUT2D eigenvalue weighted by atomic mass is 16.5. The van der Waals surface area contributed by atoms with Gasteiger partial charge in [0.15, 0.2) is 5.82 Å². The van der Waals surface area contributed by atoms with Crippen molar-refractivity contribution in [2.45, 2.75) is 33.8 Å². The normalized spacial score (nSPS) is 15.7. The van der Waals surface area contributed by atoms with Crippen LogP contribution in [-0.2, 0) is 4.74 Å². The molecule has 194 valence electrons. The van der Waals surface area contributed by atoms with E-state index in [4.69, 9.17) is 18.9 Å². The summed E-state index contributed by atoms with van der Waals surface area (Å²) in [6.45, 7) is 11.3. The monoisotopic (exact) mass is 502 g/mol. The third kappa shape index (κ3) is 4.81. The standard InChI is InChI=1S/C29H34N4O4/c1-6-35-23-12-13-25(26(16-23)34-5)33-20(3)27-19(2)30-31-29(28(27)21(33)4)32-14-15-36-24(17-32)18-37-22-10-8-7-9-11-22/h7-13,16,24H,6,14-15,17-18H2,1-5H3. The molecule has 0 bridgehead atoms. The second kappa shape index (κ2) is 10.7. The number of aryl methyl sites for hydroxylation is 3. The van der Waals surface area contributed by atoms with Gasteiger partial charge in [-0.15, -0.1) is 5.10 Å². The summed E-state index contributed by atoms with van der Waals surface area (Å²) in [7, 11) is 1.69. The molecule has 1 aliphatic rings. The molecule has 1 aliphatic heterocycles. The van der Waals surface area contributed by atoms with Gasteiger partial charge in [-0.3, -0.25) is 0 Å². The van der Waals surface area contributed by atoms with Crippen LogP contribution in [0.1, 0.15) is 24.0 Å². The Morgan fingerprint density at radius 1 is 0.946 bits per heavy atom. The molecule has 0 amide bonds. The van der Waals surface area contributed by atoms with Crippen LogP contribution in [0.15, 0.2) is 48.5 Å². The molecule has 1 saturated heterocycles. The number of para-hydroxylation sites is 1. The summed E-state index contributed by atoms with van der Waals surface area (Å²) in [5.41, 5.74) is 4.05. The molecule has 0 N–H and O–H groups in total. The molecule has 0 spiro atoms. The zero-order chi connectivity index (χ0) is 25.9. The van der Waals surface area contributed by atoms with Crippen molar-refractivity contribution in [3.05, 3.63) is 65.6 Å². The molecule has 8 nitrogen and oxygen atoms in total. The Balaban J connectivity index is 1.51. The molecular formula is C29H34N4O4. The fourth-order valence-electron chi connectivity index (χ4n) is 5.18. The lowest BCUT2D eigenvalue weighted by atomic mass is 10.1. The molecule has 37 heavy (non-hydrogen) atoms. The van der Waals surface area contributed by atoms with E-state index in [-0.39, 0.29) is 6.10 Å². The van der Waals surface area contributed by atoms with Crippen molar-refractivity contribution < 1.29 is 18.9 Å². The lowest BCUT2D eigenvalue weighted by Crippen LogP contribution is -2.45. The maximum atomic E-state index is 6.03. The average molecular weight is 503 g/mol. The maximum absolute atomic E-state index is 6.03. The van der Waals surface area contributed by atoms with Crippen molar-refractivity contribution in [2.75, 3.05) is 44.9 Å². The molecule has 5 rings (SSSR count). The fraction of sp³-hybridized carbons (Fsp3) is 0.379. The van der Waals surface area contributed by atoms with Gasteiger partial charge in [0.1, 0.15) is 30.0 Å². The van der Waals surface area contributed by atoms with Gasteiger partial charge in [0.05, 0.1) is 31.7 Å². The van der Waals surface area contributed by atoms with Crippen LogP contribution in [0.2, 0.25) is 0 Å². The minimum Gasteiger partial charge on any atom is -0.494 e. The van der Waals surface area contributed by atoms with Gasteiger partial charge in [0.2, 0.25) is 0 Å². The number of methoxy groups -OCH3 is 1. The molecule has 2 aromatic carbocycles. The van der Waals surface area contributed by atoms with E-state index in [1.807, 2.05) is 62.4 Å². The number of hydrogen-bond acceptors (Lipinski definition) is 7. The number of morpholine rings is 1. The van der Waals surface area contributed by atoms with E-state index in [1.165, 1.54) is 0 Å². The zero-order valence-corrected chi connectivity index (χ0v) is 22.2. The number of aromatic nitrogens is 3. The third-order valence-electron chi connectivity index (χ3n) is 6.85. The highest BCUT2D eigenvalue weighted by Crippen LogP contribution is 2.39. The van der Waals surface area contributed by atoms with E-state index >= 15 is 0 Å². The van der Waals surface area contributed by atoms with Gasteiger partial charge in [-0.05, 0) is 52.0 Å². The van der Waals surface area contributed by atoms with Gasteiger partial charge in [-0.2, -0.15) is 5.10 Å². The minimum absolute atomic E-state index is 0.0678. The van der Waals surface area contributed by atoms with E-state index in [2.05, 4.69) is 33.5 Å². The third-order valence-corrected chi connectivity index (χ3v) is 6.85. The summed E-state index contributed by atoms with van der Waals surface area (Å²) in [6, 6.07) is 15.8. The van der Waals surface area contributed by atoms with Crippen molar-refractivity contribution in [1.29, 1.82) is 0 Å². The first-order valence-corrected chi connectivity index (χ1v) is 12.7. The van der Waals surface area contributed by atoms with Gasteiger partial charge >= 0.3 is 0 Å². The Kier molecular flexibility index (Phi) is 7.19. The number of hydrogen-bond donors (Lipinski definition) is 0. The van der Waals surface area contributed by atoms with Crippen molar-refractivity contribution >= 4 is 16.6 Å². The van der Waals surface area contributed by atoms with Crippen LogP contribution >= 0.6 is 0 Å². The molecule has 0 aliphatic carbocycles. The first-order chi connectivity index (χ1) is 18.0. The second-order valence-electron chi connectivity index (χ2n) is 9.19. The predicted octanol–water partition coefficient (Wildman–Crippen LogP) is 5.04. The zero-order valence-electron chi connectivity index (χ0n) is 22.2. The molecule has 3 heterocycles. The molecular weight excluding hydrogens is 468 g/mol. The van der Waals surface area contributed by atoms with Crippen LogP contribution < -0.4 is 19.1 Å². The van der Waals surface area contributed by atoms with Crippen LogP contribution in [0.4, 0.5) is 5.82 Å². The summed E-state index contributed by atoms with van der Waals surface area (Å²) in [4.78, 5) is 2.27. The van der Waals surface area contributed by atoms with Crippen LogP contribution in [0, 0.1) is 20.8 Å². The number of benzene rings is 2.